The molecular weight excluding hydrogens is 412 g/mol. The smallest absolute Gasteiger partial charge is 0.263 e. The maximum absolute atomic E-state index is 13.0. The van der Waals surface area contributed by atoms with Crippen molar-refractivity contribution in [2.24, 2.45) is 0 Å². The molecule has 0 N–H and O–H groups in total. The average Bonchev–Trinajstić information content (AvgIpc) is 2.79. The molecule has 1 saturated heterocycles. The minimum absolute atomic E-state index is 0.0965. The standard InChI is InChI=1S/C24H30N2O4S/c1-18-10-12-21(13-11-18)31(28,29)26-16-14-25(15-17-26)24(27)19(2)30-23-9-5-7-20-6-3-4-8-22(20)23/h5,7,9-13,19H,3-4,6,8,14-17H2,1-2H3/t19-/m0/s1. The van der Waals surface area contributed by atoms with E-state index in [0.717, 1.165) is 30.6 Å². The maximum Gasteiger partial charge on any atom is 0.263 e. The first kappa shape index (κ1) is 21.8. The van der Waals surface area contributed by atoms with Crippen molar-refractivity contribution >= 4 is 15.9 Å². The lowest BCUT2D eigenvalue weighted by atomic mass is 9.91. The first-order valence-electron chi connectivity index (χ1n) is 11.0. The molecule has 1 fully saturated rings. The molecule has 6 nitrogen and oxygen atoms in total. The molecule has 0 spiro atoms. The van der Waals surface area contributed by atoms with Gasteiger partial charge in [-0.1, -0.05) is 29.8 Å². The Morgan fingerprint density at radius 2 is 1.65 bits per heavy atom. The van der Waals surface area contributed by atoms with Crippen LogP contribution in [0.4, 0.5) is 0 Å². The highest BCUT2D eigenvalue weighted by molar-refractivity contribution is 7.89. The third kappa shape index (κ3) is 4.62. The molecule has 0 aromatic heterocycles. The highest BCUT2D eigenvalue weighted by atomic mass is 32.2. The number of rotatable bonds is 5. The Morgan fingerprint density at radius 3 is 2.35 bits per heavy atom. The molecule has 0 bridgehead atoms. The number of carbonyl (C=O) groups is 1. The molecule has 1 aliphatic heterocycles. The van der Waals surface area contributed by atoms with Crippen LogP contribution in [0.3, 0.4) is 0 Å². The number of nitrogens with zero attached hydrogens (tertiary/aromatic N) is 2. The number of carbonyl (C=O) groups excluding carboxylic acids is 1. The van der Waals surface area contributed by atoms with Gasteiger partial charge >= 0.3 is 0 Å². The second-order valence-corrected chi connectivity index (χ2v) is 10.3. The summed E-state index contributed by atoms with van der Waals surface area (Å²) in [6.07, 6.45) is 3.79. The van der Waals surface area contributed by atoms with Crippen LogP contribution in [-0.2, 0) is 27.7 Å². The molecule has 1 amide bonds. The molecule has 2 aromatic carbocycles. The number of aryl methyl sites for hydroxylation is 2. The highest BCUT2D eigenvalue weighted by Crippen LogP contribution is 2.30. The van der Waals surface area contributed by atoms with E-state index < -0.39 is 16.1 Å². The number of sulfonamides is 1. The van der Waals surface area contributed by atoms with Crippen LogP contribution in [0.5, 0.6) is 5.75 Å². The molecule has 31 heavy (non-hydrogen) atoms. The quantitative estimate of drug-likeness (QED) is 0.713. The number of piperazine rings is 1. The fourth-order valence-electron chi connectivity index (χ4n) is 4.36. The molecule has 0 unspecified atom stereocenters. The minimum Gasteiger partial charge on any atom is -0.481 e. The summed E-state index contributed by atoms with van der Waals surface area (Å²) in [6, 6.07) is 13.0. The topological polar surface area (TPSA) is 66.9 Å². The number of hydrogen-bond donors (Lipinski definition) is 0. The summed E-state index contributed by atoms with van der Waals surface area (Å²) >= 11 is 0. The van der Waals surface area contributed by atoms with E-state index in [9.17, 15) is 13.2 Å². The van der Waals surface area contributed by atoms with Gasteiger partial charge in [0, 0.05) is 26.2 Å². The third-order valence-electron chi connectivity index (χ3n) is 6.21. The first-order valence-corrected chi connectivity index (χ1v) is 12.4. The Morgan fingerprint density at radius 1 is 0.968 bits per heavy atom. The van der Waals surface area contributed by atoms with Gasteiger partial charge < -0.3 is 9.64 Å². The van der Waals surface area contributed by atoms with Crippen LogP contribution in [0.2, 0.25) is 0 Å². The van der Waals surface area contributed by atoms with Crippen LogP contribution in [0.15, 0.2) is 47.4 Å². The molecule has 2 aromatic rings. The van der Waals surface area contributed by atoms with Crippen molar-refractivity contribution in [3.63, 3.8) is 0 Å². The van der Waals surface area contributed by atoms with E-state index in [1.807, 2.05) is 19.1 Å². The molecule has 1 heterocycles. The van der Waals surface area contributed by atoms with E-state index >= 15 is 0 Å². The van der Waals surface area contributed by atoms with Crippen molar-refractivity contribution in [2.75, 3.05) is 26.2 Å². The monoisotopic (exact) mass is 442 g/mol. The summed E-state index contributed by atoms with van der Waals surface area (Å²) in [7, 11) is -3.54. The lowest BCUT2D eigenvalue weighted by Crippen LogP contribution is -2.53. The zero-order valence-corrected chi connectivity index (χ0v) is 19.0. The van der Waals surface area contributed by atoms with Crippen LogP contribution in [0.25, 0.3) is 0 Å². The predicted molar refractivity (Wildman–Crippen MR) is 120 cm³/mol. The summed E-state index contributed by atoms with van der Waals surface area (Å²) < 4.78 is 33.3. The van der Waals surface area contributed by atoms with E-state index in [1.165, 1.54) is 21.9 Å². The number of ether oxygens (including phenoxy) is 1. The summed E-state index contributed by atoms with van der Waals surface area (Å²) in [4.78, 5) is 15.0. The van der Waals surface area contributed by atoms with Crippen LogP contribution >= 0.6 is 0 Å². The van der Waals surface area contributed by atoms with E-state index in [2.05, 4.69) is 6.07 Å². The van der Waals surface area contributed by atoms with E-state index in [1.54, 1.807) is 36.1 Å². The van der Waals surface area contributed by atoms with Crippen molar-refractivity contribution < 1.29 is 17.9 Å². The zero-order valence-electron chi connectivity index (χ0n) is 18.2. The van der Waals surface area contributed by atoms with Crippen molar-refractivity contribution in [2.45, 2.75) is 50.5 Å². The Bertz CT molecular complexity index is 1040. The molecule has 2 aliphatic rings. The van der Waals surface area contributed by atoms with Crippen molar-refractivity contribution in [1.29, 1.82) is 0 Å². The molecule has 4 rings (SSSR count). The number of fused-ring (bicyclic) bond motifs is 1. The van der Waals surface area contributed by atoms with E-state index in [0.29, 0.717) is 18.0 Å². The van der Waals surface area contributed by atoms with Gasteiger partial charge in [-0.25, -0.2) is 8.42 Å². The molecule has 1 atom stereocenters. The Labute approximate surface area is 184 Å². The molecule has 166 valence electrons. The average molecular weight is 443 g/mol. The first-order chi connectivity index (χ1) is 14.9. The van der Waals surface area contributed by atoms with Crippen LogP contribution in [0.1, 0.15) is 36.5 Å². The van der Waals surface area contributed by atoms with Crippen molar-refractivity contribution in [1.82, 2.24) is 9.21 Å². The second-order valence-electron chi connectivity index (χ2n) is 8.40. The molecule has 1 aliphatic carbocycles. The zero-order chi connectivity index (χ0) is 22.0. The fourth-order valence-corrected chi connectivity index (χ4v) is 5.79. The summed E-state index contributed by atoms with van der Waals surface area (Å²) in [5.74, 6) is 0.708. The number of hydrogen-bond acceptors (Lipinski definition) is 4. The second kappa shape index (κ2) is 9.01. The normalized spacial score (nSPS) is 18.3. The van der Waals surface area contributed by atoms with Gasteiger partial charge in [-0.15, -0.1) is 0 Å². The van der Waals surface area contributed by atoms with Gasteiger partial charge in [0.25, 0.3) is 5.91 Å². The number of amides is 1. The number of benzene rings is 2. The van der Waals surface area contributed by atoms with Gasteiger partial charge in [-0.2, -0.15) is 4.31 Å². The van der Waals surface area contributed by atoms with Gasteiger partial charge in [0.2, 0.25) is 10.0 Å². The van der Waals surface area contributed by atoms with Gasteiger partial charge in [0.05, 0.1) is 4.90 Å². The van der Waals surface area contributed by atoms with E-state index in [-0.39, 0.29) is 19.0 Å². The Balaban J connectivity index is 1.37. The Hall–Kier alpha value is -2.38. The van der Waals surface area contributed by atoms with Gasteiger partial charge in [-0.05, 0) is 68.9 Å². The van der Waals surface area contributed by atoms with Crippen LogP contribution in [-0.4, -0.2) is 55.8 Å². The molecule has 7 heteroatoms. The molecule has 0 radical (unpaired) electrons. The summed E-state index contributed by atoms with van der Waals surface area (Å²) in [5, 5.41) is 0. The summed E-state index contributed by atoms with van der Waals surface area (Å²) in [6.45, 7) is 5.01. The SMILES string of the molecule is Cc1ccc(S(=O)(=O)N2CCN(C(=O)[C@H](C)Oc3cccc4c3CCCC4)CC2)cc1. The lowest BCUT2D eigenvalue weighted by molar-refractivity contribution is -0.139. The predicted octanol–water partition coefficient (Wildman–Crippen LogP) is 3.17. The fraction of sp³-hybridized carbons (Fsp3) is 0.458. The minimum atomic E-state index is -3.54. The summed E-state index contributed by atoms with van der Waals surface area (Å²) in [5.41, 5.74) is 3.56. The molecular formula is C24H30N2O4S. The lowest BCUT2D eigenvalue weighted by Gasteiger charge is -2.35. The van der Waals surface area contributed by atoms with Crippen LogP contribution < -0.4 is 4.74 Å². The highest BCUT2D eigenvalue weighted by Gasteiger charge is 2.32. The van der Waals surface area contributed by atoms with Gasteiger partial charge in [-0.3, -0.25) is 4.79 Å². The van der Waals surface area contributed by atoms with Crippen LogP contribution in [0, 0.1) is 6.92 Å². The molecule has 0 saturated carbocycles. The van der Waals surface area contributed by atoms with Crippen molar-refractivity contribution in [3.8, 4) is 5.75 Å². The largest absolute Gasteiger partial charge is 0.481 e. The Kier molecular flexibility index (Phi) is 6.34. The van der Waals surface area contributed by atoms with E-state index in [4.69, 9.17) is 4.74 Å². The van der Waals surface area contributed by atoms with Gasteiger partial charge in [0.1, 0.15) is 5.75 Å². The maximum atomic E-state index is 13.0. The third-order valence-corrected chi connectivity index (χ3v) is 8.13. The van der Waals surface area contributed by atoms with Gasteiger partial charge in [0.15, 0.2) is 6.10 Å². The van der Waals surface area contributed by atoms with Crippen molar-refractivity contribution in [3.05, 3.63) is 59.2 Å².